The third-order valence-electron chi connectivity index (χ3n) is 6.75. The number of hydrogen-bond acceptors (Lipinski definition) is 10. The van der Waals surface area contributed by atoms with E-state index in [4.69, 9.17) is 11.6 Å². The van der Waals surface area contributed by atoms with E-state index in [-0.39, 0.29) is 37.9 Å². The summed E-state index contributed by atoms with van der Waals surface area (Å²) in [6.07, 6.45) is 1.51. The van der Waals surface area contributed by atoms with E-state index in [1.165, 1.54) is 41.7 Å². The number of aliphatic imine (C=N–C) groups is 1. The summed E-state index contributed by atoms with van der Waals surface area (Å²) >= 11 is 9.42. The molecule has 1 aliphatic heterocycles. The Hall–Kier alpha value is -5.02. The number of carbonyl (C=O) groups is 3. The zero-order chi connectivity index (χ0) is 33.2. The molecule has 0 unspecified atom stereocenters. The first-order valence-electron chi connectivity index (χ1n) is 13.6. The van der Waals surface area contributed by atoms with Crippen molar-refractivity contribution in [3.63, 3.8) is 0 Å². The number of nitro benzene ring substituents is 1. The average molecular weight is 702 g/mol. The molecule has 0 atom stereocenters. The van der Waals surface area contributed by atoms with Crippen LogP contribution in [0.2, 0.25) is 5.02 Å². The van der Waals surface area contributed by atoms with Crippen LogP contribution < -0.4 is 10.6 Å². The molecule has 3 N–H and O–H groups in total. The Morgan fingerprint density at radius 1 is 1.09 bits per heavy atom. The summed E-state index contributed by atoms with van der Waals surface area (Å²) in [5.74, 6) is -1.88. The van der Waals surface area contributed by atoms with E-state index in [2.05, 4.69) is 20.6 Å². The fraction of sp³-hybridized carbons (Fsp3) is 0.0312. The maximum Gasteiger partial charge on any atom is 0.337 e. The molecule has 0 bridgehead atoms. The molecule has 1 aromatic heterocycles. The number of fused-ring (bicyclic) bond motifs is 1. The SMILES string of the molecule is Cc1ccccc1C(=O)Nc1ccc2nc(Sc3ccc(/C=C4\SC(=Nc5ccc(Cl)c(C(=O)O)c5)NC4=O)cc3[N+](=O)[O-])sc2c1. The Labute approximate surface area is 283 Å². The van der Waals surface area contributed by atoms with Crippen LogP contribution >= 0.6 is 46.5 Å². The van der Waals surface area contributed by atoms with E-state index in [0.717, 1.165) is 33.8 Å². The highest BCUT2D eigenvalue weighted by molar-refractivity contribution is 8.18. The smallest absolute Gasteiger partial charge is 0.337 e. The van der Waals surface area contributed by atoms with Gasteiger partial charge in [-0.25, -0.2) is 14.8 Å². The number of carbonyl (C=O) groups excluding carboxylic acids is 2. The third kappa shape index (κ3) is 7.20. The van der Waals surface area contributed by atoms with Crippen molar-refractivity contribution in [1.29, 1.82) is 0 Å². The molecule has 4 aromatic carbocycles. The van der Waals surface area contributed by atoms with Gasteiger partial charge < -0.3 is 15.7 Å². The summed E-state index contributed by atoms with van der Waals surface area (Å²) in [5.41, 5.74) is 3.17. The van der Waals surface area contributed by atoms with Crippen LogP contribution in [0.4, 0.5) is 17.1 Å². The Bertz CT molecular complexity index is 2200. The Morgan fingerprint density at radius 2 is 1.89 bits per heavy atom. The number of anilines is 1. The largest absolute Gasteiger partial charge is 0.478 e. The van der Waals surface area contributed by atoms with Gasteiger partial charge in [0.05, 0.1) is 41.2 Å². The number of nitro groups is 1. The molecular formula is C32H20ClN5O6S3. The molecule has 15 heteroatoms. The topological polar surface area (TPSA) is 164 Å². The van der Waals surface area contributed by atoms with Crippen molar-refractivity contribution < 1.29 is 24.4 Å². The van der Waals surface area contributed by atoms with Gasteiger partial charge in [0.15, 0.2) is 9.51 Å². The number of thiazole rings is 1. The fourth-order valence-corrected chi connectivity index (χ4v) is 7.68. The third-order valence-corrected chi connectivity index (χ3v) is 10.1. The van der Waals surface area contributed by atoms with Crippen LogP contribution in [0.15, 0.2) is 98.0 Å². The van der Waals surface area contributed by atoms with Crippen LogP contribution in [-0.2, 0) is 4.79 Å². The monoisotopic (exact) mass is 701 g/mol. The van der Waals surface area contributed by atoms with Gasteiger partial charge in [0.2, 0.25) is 0 Å². The number of aryl methyl sites for hydroxylation is 1. The lowest BCUT2D eigenvalue weighted by molar-refractivity contribution is -0.387. The molecule has 1 saturated heterocycles. The Kier molecular flexibility index (Phi) is 9.09. The standard InChI is InChI=1S/C32H20ClN5O6S3/c1-16-4-2-3-5-20(16)28(39)34-19-8-10-23-26(15-19)47-32(36-23)46-25-11-6-17(12-24(25)38(43)44)13-27-29(40)37-31(45-27)35-18-7-9-22(33)21(14-18)30(41)42/h2-15H,1H3,(H,34,39)(H,41,42)(H,35,37,40)/b27-13-. The molecule has 1 fully saturated rings. The first kappa shape index (κ1) is 31.9. The maximum absolute atomic E-state index is 12.8. The second-order valence-corrected chi connectivity index (χ2v) is 13.7. The van der Waals surface area contributed by atoms with Gasteiger partial charge in [0.25, 0.3) is 17.5 Å². The number of amides is 2. The lowest BCUT2D eigenvalue weighted by Crippen LogP contribution is -2.19. The summed E-state index contributed by atoms with van der Waals surface area (Å²) < 4.78 is 1.38. The van der Waals surface area contributed by atoms with Gasteiger partial charge in [-0.3, -0.25) is 19.7 Å². The highest BCUT2D eigenvalue weighted by atomic mass is 35.5. The second kappa shape index (κ2) is 13.4. The number of halogens is 1. The van der Waals surface area contributed by atoms with E-state index < -0.39 is 16.8 Å². The zero-order valence-electron chi connectivity index (χ0n) is 24.0. The van der Waals surface area contributed by atoms with Crippen LogP contribution in [0.5, 0.6) is 0 Å². The first-order valence-corrected chi connectivity index (χ1v) is 16.4. The maximum atomic E-state index is 12.8. The van der Waals surface area contributed by atoms with Crippen LogP contribution in [0.3, 0.4) is 0 Å². The van der Waals surface area contributed by atoms with Crippen molar-refractivity contribution in [1.82, 2.24) is 10.3 Å². The summed E-state index contributed by atoms with van der Waals surface area (Å²) in [5, 5.41) is 27.1. The summed E-state index contributed by atoms with van der Waals surface area (Å²) in [7, 11) is 0. The van der Waals surface area contributed by atoms with Crippen LogP contribution in [0.1, 0.15) is 31.8 Å². The highest BCUT2D eigenvalue weighted by Crippen LogP contribution is 2.40. The van der Waals surface area contributed by atoms with E-state index in [0.29, 0.717) is 31.6 Å². The number of nitrogens with one attached hydrogen (secondary N) is 2. The first-order chi connectivity index (χ1) is 22.5. The minimum Gasteiger partial charge on any atom is -0.478 e. The molecule has 0 radical (unpaired) electrons. The summed E-state index contributed by atoms with van der Waals surface area (Å²) in [6, 6.07) is 21.5. The van der Waals surface area contributed by atoms with Gasteiger partial charge in [-0.2, -0.15) is 0 Å². The highest BCUT2D eigenvalue weighted by Gasteiger charge is 2.25. The molecule has 0 saturated carbocycles. The van der Waals surface area contributed by atoms with Crippen molar-refractivity contribution in [2.45, 2.75) is 16.2 Å². The molecule has 6 rings (SSSR count). The zero-order valence-corrected chi connectivity index (χ0v) is 27.2. The van der Waals surface area contributed by atoms with Crippen molar-refractivity contribution >= 4 is 103 Å². The molecule has 2 heterocycles. The summed E-state index contributed by atoms with van der Waals surface area (Å²) in [4.78, 5) is 57.8. The molecule has 0 aliphatic carbocycles. The molecule has 234 valence electrons. The normalized spacial score (nSPS) is 14.5. The molecule has 47 heavy (non-hydrogen) atoms. The van der Waals surface area contributed by atoms with Gasteiger partial charge in [-0.1, -0.05) is 47.6 Å². The number of benzene rings is 4. The number of hydrogen-bond donors (Lipinski definition) is 3. The van der Waals surface area contributed by atoms with E-state index in [1.54, 1.807) is 36.4 Å². The quantitative estimate of drug-likeness (QED) is 0.0822. The minimum atomic E-state index is -1.21. The lowest BCUT2D eigenvalue weighted by atomic mass is 10.1. The molecule has 11 nitrogen and oxygen atoms in total. The average Bonchev–Trinajstić information content (AvgIpc) is 3.59. The van der Waals surface area contributed by atoms with Crippen LogP contribution in [0, 0.1) is 17.0 Å². The second-order valence-electron chi connectivity index (χ2n) is 9.97. The predicted molar refractivity (Wildman–Crippen MR) is 185 cm³/mol. The molecular weight excluding hydrogens is 682 g/mol. The van der Waals surface area contributed by atoms with Crippen molar-refractivity contribution in [2.24, 2.45) is 4.99 Å². The molecule has 5 aromatic rings. The molecule has 0 spiro atoms. The number of rotatable bonds is 8. The Morgan fingerprint density at radius 3 is 2.66 bits per heavy atom. The van der Waals surface area contributed by atoms with Crippen LogP contribution in [-0.4, -0.2) is 38.0 Å². The van der Waals surface area contributed by atoms with E-state index >= 15 is 0 Å². The lowest BCUT2D eigenvalue weighted by Gasteiger charge is -2.07. The van der Waals surface area contributed by atoms with Crippen molar-refractivity contribution in [2.75, 3.05) is 5.32 Å². The van der Waals surface area contributed by atoms with Crippen LogP contribution in [0.25, 0.3) is 16.3 Å². The molecule has 2 amide bonds. The number of nitrogens with zero attached hydrogens (tertiary/aromatic N) is 3. The number of aromatic nitrogens is 1. The number of thioether (sulfide) groups is 1. The number of aromatic carboxylic acids is 1. The van der Waals surface area contributed by atoms with Gasteiger partial charge in [0.1, 0.15) is 0 Å². The van der Waals surface area contributed by atoms with Gasteiger partial charge in [-0.15, -0.1) is 11.3 Å². The molecule has 1 aliphatic rings. The summed E-state index contributed by atoms with van der Waals surface area (Å²) in [6.45, 7) is 1.87. The van der Waals surface area contributed by atoms with E-state index in [1.807, 2.05) is 25.1 Å². The van der Waals surface area contributed by atoms with E-state index in [9.17, 15) is 29.6 Å². The predicted octanol–water partition coefficient (Wildman–Crippen LogP) is 8.16. The Balaban J connectivity index is 1.19. The van der Waals surface area contributed by atoms with Gasteiger partial charge in [0, 0.05) is 17.3 Å². The van der Waals surface area contributed by atoms with Crippen molar-refractivity contribution in [3.8, 4) is 0 Å². The fourth-order valence-electron chi connectivity index (χ4n) is 4.49. The van der Waals surface area contributed by atoms with Crippen molar-refractivity contribution in [3.05, 3.63) is 121 Å². The number of carboxylic acids is 1. The number of carboxylic acid groups (broad SMARTS) is 1. The van der Waals surface area contributed by atoms with Gasteiger partial charge >= 0.3 is 5.97 Å². The number of amidine groups is 1. The minimum absolute atomic E-state index is 0.0604. The van der Waals surface area contributed by atoms with Gasteiger partial charge in [-0.05, 0) is 84.4 Å².